The van der Waals surface area contributed by atoms with Crippen molar-refractivity contribution in [2.24, 2.45) is 11.3 Å². The first-order valence-electron chi connectivity index (χ1n) is 7.57. The molecule has 17 heavy (non-hydrogen) atoms. The molecule has 1 saturated heterocycles. The van der Waals surface area contributed by atoms with Crippen molar-refractivity contribution in [3.05, 3.63) is 0 Å². The van der Waals surface area contributed by atoms with Gasteiger partial charge in [0.25, 0.3) is 0 Å². The number of rotatable bonds is 6. The maximum Gasteiger partial charge on any atom is 0.0246 e. The summed E-state index contributed by atoms with van der Waals surface area (Å²) in [6.45, 7) is 12.3. The zero-order valence-corrected chi connectivity index (χ0v) is 12.0. The van der Waals surface area contributed by atoms with Gasteiger partial charge in [0.2, 0.25) is 0 Å². The molecule has 0 aromatic heterocycles. The molecule has 2 aliphatic rings. The number of nitrogens with zero attached hydrogens (tertiary/aromatic N) is 1. The molecule has 1 heterocycles. The number of hydrogen-bond donors (Lipinski definition) is 1. The monoisotopic (exact) mass is 238 g/mol. The first-order chi connectivity index (χ1) is 8.12. The quantitative estimate of drug-likeness (QED) is 0.765. The molecule has 0 aromatic rings. The lowest BCUT2D eigenvalue weighted by molar-refractivity contribution is 0.123. The summed E-state index contributed by atoms with van der Waals surface area (Å²) >= 11 is 0. The van der Waals surface area contributed by atoms with Crippen molar-refractivity contribution in [3.8, 4) is 0 Å². The highest BCUT2D eigenvalue weighted by atomic mass is 15.2. The van der Waals surface area contributed by atoms with Crippen molar-refractivity contribution in [2.75, 3.05) is 26.2 Å². The van der Waals surface area contributed by atoms with Crippen molar-refractivity contribution in [1.29, 1.82) is 0 Å². The van der Waals surface area contributed by atoms with Gasteiger partial charge in [-0.25, -0.2) is 0 Å². The largest absolute Gasteiger partial charge is 0.312 e. The van der Waals surface area contributed by atoms with Crippen LogP contribution in [0.1, 0.15) is 52.9 Å². The Morgan fingerprint density at radius 2 is 2.00 bits per heavy atom. The molecule has 0 radical (unpaired) electrons. The van der Waals surface area contributed by atoms with Gasteiger partial charge < -0.3 is 10.2 Å². The molecule has 2 fully saturated rings. The number of piperidine rings is 1. The Labute approximate surface area is 107 Å². The summed E-state index contributed by atoms with van der Waals surface area (Å²) in [7, 11) is 0. The minimum Gasteiger partial charge on any atom is -0.312 e. The molecule has 0 amide bonds. The van der Waals surface area contributed by atoms with Gasteiger partial charge in [0, 0.05) is 19.1 Å². The summed E-state index contributed by atoms with van der Waals surface area (Å²) in [6.07, 6.45) is 6.97. The van der Waals surface area contributed by atoms with E-state index in [0.29, 0.717) is 11.5 Å². The van der Waals surface area contributed by atoms with Crippen LogP contribution >= 0.6 is 0 Å². The molecular weight excluding hydrogens is 208 g/mol. The fraction of sp³-hybridized carbons (Fsp3) is 1.00. The second-order valence-corrected chi connectivity index (χ2v) is 6.80. The van der Waals surface area contributed by atoms with Gasteiger partial charge in [-0.1, -0.05) is 20.8 Å². The Kier molecular flexibility index (Phi) is 4.48. The van der Waals surface area contributed by atoms with Crippen LogP contribution in [0.25, 0.3) is 0 Å². The van der Waals surface area contributed by atoms with Crippen LogP contribution in [0.4, 0.5) is 0 Å². The first-order valence-corrected chi connectivity index (χ1v) is 7.57. The lowest BCUT2D eigenvalue weighted by atomic mass is 9.77. The third-order valence-electron chi connectivity index (χ3n) is 4.53. The molecule has 100 valence electrons. The standard InChI is InChI=1S/C15H30N2/c1-4-10-17(11-13-6-7-13)12-14-15(2,3)8-5-9-16-14/h13-14,16H,4-12H2,1-3H3. The normalized spacial score (nSPS) is 28.6. The van der Waals surface area contributed by atoms with Gasteiger partial charge in [0.15, 0.2) is 0 Å². The Morgan fingerprint density at radius 1 is 1.24 bits per heavy atom. The van der Waals surface area contributed by atoms with Gasteiger partial charge in [0.05, 0.1) is 0 Å². The van der Waals surface area contributed by atoms with Crippen molar-refractivity contribution in [2.45, 2.75) is 58.9 Å². The van der Waals surface area contributed by atoms with Crippen LogP contribution in [-0.4, -0.2) is 37.1 Å². The summed E-state index contributed by atoms with van der Waals surface area (Å²) < 4.78 is 0. The highest BCUT2D eigenvalue weighted by molar-refractivity contribution is 4.91. The lowest BCUT2D eigenvalue weighted by Gasteiger charge is -2.42. The lowest BCUT2D eigenvalue weighted by Crippen LogP contribution is -2.53. The average Bonchev–Trinajstić information content (AvgIpc) is 3.05. The van der Waals surface area contributed by atoms with E-state index in [4.69, 9.17) is 0 Å². The molecule has 1 unspecified atom stereocenters. The topological polar surface area (TPSA) is 15.3 Å². The van der Waals surface area contributed by atoms with E-state index in [1.165, 1.54) is 58.3 Å². The second-order valence-electron chi connectivity index (χ2n) is 6.80. The van der Waals surface area contributed by atoms with Crippen LogP contribution in [0, 0.1) is 11.3 Å². The van der Waals surface area contributed by atoms with Gasteiger partial charge in [-0.15, -0.1) is 0 Å². The summed E-state index contributed by atoms with van der Waals surface area (Å²) in [5.74, 6) is 1.02. The maximum absolute atomic E-state index is 3.75. The fourth-order valence-corrected chi connectivity index (χ4v) is 3.08. The minimum atomic E-state index is 0.480. The third kappa shape index (κ3) is 3.96. The molecule has 1 N–H and O–H groups in total. The summed E-state index contributed by atoms with van der Waals surface area (Å²) in [5, 5.41) is 3.75. The van der Waals surface area contributed by atoms with Gasteiger partial charge in [-0.2, -0.15) is 0 Å². The van der Waals surface area contributed by atoms with Crippen molar-refractivity contribution >= 4 is 0 Å². The van der Waals surface area contributed by atoms with Crippen LogP contribution in [0.5, 0.6) is 0 Å². The van der Waals surface area contributed by atoms with E-state index in [1.54, 1.807) is 0 Å². The SMILES string of the molecule is CCCN(CC1CC1)CC1NCCCC1(C)C. The van der Waals surface area contributed by atoms with E-state index in [9.17, 15) is 0 Å². The molecule has 1 atom stereocenters. The summed E-state index contributed by atoms with van der Waals surface area (Å²) in [5.41, 5.74) is 0.480. The predicted molar refractivity (Wildman–Crippen MR) is 74.3 cm³/mol. The molecule has 2 nitrogen and oxygen atoms in total. The molecular formula is C15H30N2. The molecule has 0 aromatic carbocycles. The highest BCUT2D eigenvalue weighted by Crippen LogP contribution is 2.33. The van der Waals surface area contributed by atoms with E-state index >= 15 is 0 Å². The Hall–Kier alpha value is -0.0800. The molecule has 1 aliphatic carbocycles. The number of nitrogens with one attached hydrogen (secondary N) is 1. The van der Waals surface area contributed by atoms with Gasteiger partial charge in [-0.05, 0) is 56.5 Å². The van der Waals surface area contributed by atoms with E-state index in [1.807, 2.05) is 0 Å². The molecule has 2 heteroatoms. The van der Waals surface area contributed by atoms with E-state index < -0.39 is 0 Å². The van der Waals surface area contributed by atoms with Gasteiger partial charge in [0.1, 0.15) is 0 Å². The Morgan fingerprint density at radius 3 is 2.59 bits per heavy atom. The summed E-state index contributed by atoms with van der Waals surface area (Å²) in [6, 6.07) is 0.696. The maximum atomic E-state index is 3.75. The summed E-state index contributed by atoms with van der Waals surface area (Å²) in [4.78, 5) is 2.71. The second kappa shape index (κ2) is 5.71. The zero-order chi connectivity index (χ0) is 12.3. The Bertz CT molecular complexity index is 233. The van der Waals surface area contributed by atoms with E-state index in [0.717, 1.165) is 5.92 Å². The van der Waals surface area contributed by atoms with Crippen LogP contribution in [0.15, 0.2) is 0 Å². The molecule has 1 saturated carbocycles. The highest BCUT2D eigenvalue weighted by Gasteiger charge is 2.34. The van der Waals surface area contributed by atoms with Gasteiger partial charge >= 0.3 is 0 Å². The van der Waals surface area contributed by atoms with Crippen LogP contribution in [-0.2, 0) is 0 Å². The Balaban J connectivity index is 1.85. The smallest absolute Gasteiger partial charge is 0.0246 e. The fourth-order valence-electron chi connectivity index (χ4n) is 3.08. The van der Waals surface area contributed by atoms with Crippen molar-refractivity contribution < 1.29 is 0 Å². The molecule has 0 spiro atoms. The zero-order valence-electron chi connectivity index (χ0n) is 12.0. The third-order valence-corrected chi connectivity index (χ3v) is 4.53. The predicted octanol–water partition coefficient (Wildman–Crippen LogP) is 2.89. The first kappa shape index (κ1) is 13.4. The van der Waals surface area contributed by atoms with E-state index in [-0.39, 0.29) is 0 Å². The molecule has 0 bridgehead atoms. The van der Waals surface area contributed by atoms with Crippen molar-refractivity contribution in [1.82, 2.24) is 10.2 Å². The van der Waals surface area contributed by atoms with Gasteiger partial charge in [-0.3, -0.25) is 0 Å². The average molecular weight is 238 g/mol. The van der Waals surface area contributed by atoms with Crippen LogP contribution in [0.3, 0.4) is 0 Å². The van der Waals surface area contributed by atoms with Crippen LogP contribution < -0.4 is 5.32 Å². The number of hydrogen-bond acceptors (Lipinski definition) is 2. The minimum absolute atomic E-state index is 0.480. The van der Waals surface area contributed by atoms with Crippen LogP contribution in [0.2, 0.25) is 0 Å². The molecule has 2 rings (SSSR count). The molecule has 1 aliphatic heterocycles. The van der Waals surface area contributed by atoms with Crippen molar-refractivity contribution in [3.63, 3.8) is 0 Å². The van der Waals surface area contributed by atoms with E-state index in [2.05, 4.69) is 31.0 Å².